The van der Waals surface area contributed by atoms with E-state index in [4.69, 9.17) is 0 Å². The van der Waals surface area contributed by atoms with Crippen LogP contribution in [-0.2, 0) is 11.0 Å². The number of aromatic amines is 1. The SMILES string of the molecule is CC(C)Nc1n[nH]c2nc([C@H]3CCCN(CC(=O)N(C)C)C3)cc(C(F)(F)F)c12. The molecule has 2 N–H and O–H groups in total. The Morgan fingerprint density at radius 2 is 2.14 bits per heavy atom. The first kappa shape index (κ1) is 21.4. The fourth-order valence-corrected chi connectivity index (χ4v) is 3.63. The molecular formula is C19H27F3N6O. The molecular weight excluding hydrogens is 385 g/mol. The smallest absolute Gasteiger partial charge is 0.366 e. The molecule has 1 aliphatic rings. The van der Waals surface area contributed by atoms with E-state index in [0.717, 1.165) is 25.5 Å². The summed E-state index contributed by atoms with van der Waals surface area (Å²) in [5.74, 6) is -0.0414. The number of halogens is 3. The summed E-state index contributed by atoms with van der Waals surface area (Å²) in [4.78, 5) is 20.0. The monoisotopic (exact) mass is 412 g/mol. The summed E-state index contributed by atoms with van der Waals surface area (Å²) in [5.41, 5.74) is -0.234. The topological polar surface area (TPSA) is 77.1 Å². The number of carbonyl (C=O) groups is 1. The Morgan fingerprint density at radius 1 is 1.41 bits per heavy atom. The first-order chi connectivity index (χ1) is 13.6. The van der Waals surface area contributed by atoms with Crippen molar-refractivity contribution < 1.29 is 18.0 Å². The fraction of sp³-hybridized carbons (Fsp3) is 0.632. The molecule has 3 heterocycles. The molecule has 0 spiro atoms. The molecule has 0 aliphatic carbocycles. The van der Waals surface area contributed by atoms with Crippen LogP contribution >= 0.6 is 0 Å². The fourth-order valence-electron chi connectivity index (χ4n) is 3.63. The Kier molecular flexibility index (Phi) is 6.02. The molecule has 3 rings (SSSR count). The third kappa shape index (κ3) is 4.80. The second-order valence-electron chi connectivity index (χ2n) is 8.05. The van der Waals surface area contributed by atoms with Gasteiger partial charge in [-0.25, -0.2) is 4.98 Å². The number of pyridine rings is 1. The molecule has 0 bridgehead atoms. The lowest BCUT2D eigenvalue weighted by molar-refractivity contribution is -0.136. The van der Waals surface area contributed by atoms with Gasteiger partial charge in [-0.3, -0.25) is 14.8 Å². The van der Waals surface area contributed by atoms with Gasteiger partial charge in [0.25, 0.3) is 0 Å². The normalized spacial score (nSPS) is 18.4. The van der Waals surface area contributed by atoms with Crippen molar-refractivity contribution in [1.82, 2.24) is 25.0 Å². The molecule has 0 aromatic carbocycles. The highest BCUT2D eigenvalue weighted by Crippen LogP contribution is 2.39. The minimum absolute atomic E-state index is 0.0250. The number of likely N-dealkylation sites (N-methyl/N-ethyl adjacent to an activating group) is 1. The highest BCUT2D eigenvalue weighted by Gasteiger charge is 2.37. The van der Waals surface area contributed by atoms with E-state index in [1.807, 2.05) is 18.7 Å². The number of hydrogen-bond acceptors (Lipinski definition) is 5. The predicted molar refractivity (Wildman–Crippen MR) is 105 cm³/mol. The van der Waals surface area contributed by atoms with Gasteiger partial charge >= 0.3 is 6.18 Å². The second-order valence-corrected chi connectivity index (χ2v) is 8.05. The van der Waals surface area contributed by atoms with Crippen molar-refractivity contribution in [2.45, 2.75) is 44.8 Å². The van der Waals surface area contributed by atoms with E-state index in [0.29, 0.717) is 12.2 Å². The number of carbonyl (C=O) groups excluding carboxylic acids is 1. The molecule has 29 heavy (non-hydrogen) atoms. The standard InChI is InChI=1S/C19H27F3N6O/c1-11(2)23-17-16-13(19(20,21)22)8-14(24-18(16)26-25-17)12-6-5-7-28(9-12)10-15(29)27(3)4/h8,11-12H,5-7,9-10H2,1-4H3,(H2,23,24,25,26)/t12-/m0/s1. The number of hydrogen-bond donors (Lipinski definition) is 2. The number of anilines is 1. The van der Waals surface area contributed by atoms with Gasteiger partial charge in [0, 0.05) is 38.3 Å². The van der Waals surface area contributed by atoms with Crippen LogP contribution in [0.2, 0.25) is 0 Å². The third-order valence-corrected chi connectivity index (χ3v) is 5.06. The van der Waals surface area contributed by atoms with E-state index in [-0.39, 0.29) is 41.3 Å². The molecule has 1 amide bonds. The van der Waals surface area contributed by atoms with Crippen LogP contribution in [0, 0.1) is 0 Å². The van der Waals surface area contributed by atoms with Crippen LogP contribution in [-0.4, -0.2) is 70.7 Å². The number of rotatable bonds is 5. The molecule has 160 valence electrons. The maximum atomic E-state index is 13.8. The van der Waals surface area contributed by atoms with E-state index in [1.165, 1.54) is 4.90 Å². The molecule has 2 aromatic heterocycles. The Balaban J connectivity index is 1.94. The van der Waals surface area contributed by atoms with E-state index in [1.54, 1.807) is 14.1 Å². The summed E-state index contributed by atoms with van der Waals surface area (Å²) >= 11 is 0. The molecule has 1 atom stereocenters. The van der Waals surface area contributed by atoms with Gasteiger partial charge in [-0.05, 0) is 39.3 Å². The van der Waals surface area contributed by atoms with Gasteiger partial charge in [-0.15, -0.1) is 0 Å². The van der Waals surface area contributed by atoms with E-state index >= 15 is 0 Å². The zero-order chi connectivity index (χ0) is 21.3. The van der Waals surface area contributed by atoms with Crippen LogP contribution in [0.25, 0.3) is 11.0 Å². The Labute approximate surface area is 167 Å². The number of amides is 1. The molecule has 1 aliphatic heterocycles. The van der Waals surface area contributed by atoms with Gasteiger partial charge in [-0.1, -0.05) is 0 Å². The number of nitrogens with one attached hydrogen (secondary N) is 2. The summed E-state index contributed by atoms with van der Waals surface area (Å²) in [6.07, 6.45) is -2.99. The van der Waals surface area contributed by atoms with Gasteiger partial charge < -0.3 is 10.2 Å². The zero-order valence-electron chi connectivity index (χ0n) is 17.1. The minimum atomic E-state index is -4.53. The number of piperidine rings is 1. The Hall–Kier alpha value is -2.36. The van der Waals surface area contributed by atoms with Crippen LogP contribution in [0.1, 0.15) is 43.9 Å². The molecule has 0 saturated carbocycles. The highest BCUT2D eigenvalue weighted by molar-refractivity contribution is 5.91. The minimum Gasteiger partial charge on any atom is -0.366 e. The van der Waals surface area contributed by atoms with Crippen LogP contribution in [0.5, 0.6) is 0 Å². The zero-order valence-corrected chi connectivity index (χ0v) is 17.1. The van der Waals surface area contributed by atoms with Crippen molar-refractivity contribution >= 4 is 22.8 Å². The number of fused-ring (bicyclic) bond motifs is 1. The first-order valence-electron chi connectivity index (χ1n) is 9.71. The second kappa shape index (κ2) is 8.17. The molecule has 10 heteroatoms. The van der Waals surface area contributed by atoms with Gasteiger partial charge in [0.05, 0.1) is 17.5 Å². The molecule has 1 fully saturated rings. The molecule has 0 radical (unpaired) electrons. The van der Waals surface area contributed by atoms with E-state index in [2.05, 4.69) is 20.5 Å². The van der Waals surface area contributed by atoms with Crippen LogP contribution < -0.4 is 5.32 Å². The van der Waals surface area contributed by atoms with Gasteiger partial charge in [0.15, 0.2) is 11.5 Å². The summed E-state index contributed by atoms with van der Waals surface area (Å²) in [5, 5.41) is 9.57. The maximum absolute atomic E-state index is 13.8. The average molecular weight is 412 g/mol. The van der Waals surface area contributed by atoms with Crippen molar-refractivity contribution in [2.75, 3.05) is 39.0 Å². The Bertz CT molecular complexity index is 877. The quantitative estimate of drug-likeness (QED) is 0.789. The number of alkyl halides is 3. The van der Waals surface area contributed by atoms with Crippen LogP contribution in [0.3, 0.4) is 0 Å². The van der Waals surface area contributed by atoms with E-state index < -0.39 is 11.7 Å². The lowest BCUT2D eigenvalue weighted by Gasteiger charge is -2.32. The third-order valence-electron chi connectivity index (χ3n) is 5.06. The highest BCUT2D eigenvalue weighted by atomic mass is 19.4. The predicted octanol–water partition coefficient (Wildman–Crippen LogP) is 3.06. The summed E-state index contributed by atoms with van der Waals surface area (Å²) in [6, 6.07) is 1.08. The molecule has 7 nitrogen and oxygen atoms in total. The molecule has 1 saturated heterocycles. The van der Waals surface area contributed by atoms with Crippen LogP contribution in [0.15, 0.2) is 6.07 Å². The van der Waals surface area contributed by atoms with Gasteiger partial charge in [0.1, 0.15) is 0 Å². The Morgan fingerprint density at radius 3 is 2.76 bits per heavy atom. The van der Waals surface area contributed by atoms with Crippen molar-refractivity contribution in [3.63, 3.8) is 0 Å². The largest absolute Gasteiger partial charge is 0.417 e. The molecule has 0 unspecified atom stereocenters. The summed E-state index contributed by atoms with van der Waals surface area (Å²) in [6.45, 7) is 5.17. The number of H-pyrrole nitrogens is 1. The van der Waals surface area contributed by atoms with Crippen molar-refractivity contribution in [1.29, 1.82) is 0 Å². The van der Waals surface area contributed by atoms with E-state index in [9.17, 15) is 18.0 Å². The first-order valence-corrected chi connectivity index (χ1v) is 9.71. The van der Waals surface area contributed by atoms with Crippen molar-refractivity contribution in [2.24, 2.45) is 0 Å². The lowest BCUT2D eigenvalue weighted by atomic mass is 9.93. The average Bonchev–Trinajstić information content (AvgIpc) is 3.02. The number of nitrogens with zero attached hydrogens (tertiary/aromatic N) is 4. The number of likely N-dealkylation sites (tertiary alicyclic amines) is 1. The lowest BCUT2D eigenvalue weighted by Crippen LogP contribution is -2.41. The van der Waals surface area contributed by atoms with Crippen LogP contribution in [0.4, 0.5) is 19.0 Å². The van der Waals surface area contributed by atoms with Crippen molar-refractivity contribution in [3.05, 3.63) is 17.3 Å². The summed E-state index contributed by atoms with van der Waals surface area (Å²) < 4.78 is 41.5. The number of aromatic nitrogens is 3. The van der Waals surface area contributed by atoms with Gasteiger partial charge in [0.2, 0.25) is 5.91 Å². The maximum Gasteiger partial charge on any atom is 0.417 e. The molecule has 2 aromatic rings. The van der Waals surface area contributed by atoms with Gasteiger partial charge in [-0.2, -0.15) is 18.3 Å². The summed E-state index contributed by atoms with van der Waals surface area (Å²) in [7, 11) is 3.38. The van der Waals surface area contributed by atoms with Crippen molar-refractivity contribution in [3.8, 4) is 0 Å².